The molecule has 1 rings (SSSR count). The average molecular weight is 158 g/mol. The summed E-state index contributed by atoms with van der Waals surface area (Å²) in [4.78, 5) is 2.25. The first-order valence-corrected chi connectivity index (χ1v) is 4.35. The highest BCUT2D eigenvalue weighted by molar-refractivity contribution is 4.87. The number of β-amino-alcohol motifs (C(OH)–C–C–N with tert-alkyl or cyclic N) is 1. The Morgan fingerprint density at radius 1 is 1.64 bits per heavy atom. The highest BCUT2D eigenvalue weighted by atomic mass is 16.3. The average Bonchev–Trinajstić information content (AvgIpc) is 2.05. The third-order valence-electron chi connectivity index (χ3n) is 2.46. The number of rotatable bonds is 2. The van der Waals surface area contributed by atoms with Gasteiger partial charge in [0.25, 0.3) is 0 Å². The summed E-state index contributed by atoms with van der Waals surface area (Å²) in [6.45, 7) is 5.38. The van der Waals surface area contributed by atoms with Crippen LogP contribution in [0.25, 0.3) is 0 Å². The third kappa shape index (κ3) is 2.15. The lowest BCUT2D eigenvalue weighted by Crippen LogP contribution is -2.52. The minimum Gasteiger partial charge on any atom is -0.387 e. The fourth-order valence-electron chi connectivity index (χ4n) is 1.64. The van der Waals surface area contributed by atoms with E-state index in [0.717, 1.165) is 32.5 Å². The maximum Gasteiger partial charge on any atom is 0.0895 e. The van der Waals surface area contributed by atoms with Gasteiger partial charge < -0.3 is 15.7 Å². The topological polar surface area (TPSA) is 49.5 Å². The van der Waals surface area contributed by atoms with Crippen molar-refractivity contribution in [2.75, 3.05) is 26.2 Å². The molecule has 1 aliphatic heterocycles. The van der Waals surface area contributed by atoms with Gasteiger partial charge in [0.2, 0.25) is 0 Å². The molecule has 3 heteroatoms. The van der Waals surface area contributed by atoms with Crippen LogP contribution in [0, 0.1) is 0 Å². The van der Waals surface area contributed by atoms with Gasteiger partial charge in [0.05, 0.1) is 5.60 Å². The van der Waals surface area contributed by atoms with E-state index < -0.39 is 5.60 Å². The van der Waals surface area contributed by atoms with E-state index >= 15 is 0 Å². The summed E-state index contributed by atoms with van der Waals surface area (Å²) in [6, 6.07) is 0. The Morgan fingerprint density at radius 3 is 2.91 bits per heavy atom. The minimum atomic E-state index is -0.603. The van der Waals surface area contributed by atoms with E-state index in [4.69, 9.17) is 5.73 Å². The third-order valence-corrected chi connectivity index (χ3v) is 2.46. The molecule has 1 saturated heterocycles. The highest BCUT2D eigenvalue weighted by Crippen LogP contribution is 2.19. The van der Waals surface area contributed by atoms with E-state index in [1.54, 1.807) is 0 Å². The van der Waals surface area contributed by atoms with Crippen LogP contribution in [0.4, 0.5) is 0 Å². The van der Waals surface area contributed by atoms with Gasteiger partial charge in [-0.3, -0.25) is 0 Å². The Hall–Kier alpha value is -0.120. The van der Waals surface area contributed by atoms with Gasteiger partial charge in [-0.1, -0.05) is 6.92 Å². The lowest BCUT2D eigenvalue weighted by atomic mass is 9.93. The van der Waals surface area contributed by atoms with Gasteiger partial charge in [-0.05, 0) is 25.9 Å². The normalized spacial score (nSPS) is 34.1. The molecule has 1 aliphatic rings. The second-order valence-electron chi connectivity index (χ2n) is 3.40. The van der Waals surface area contributed by atoms with Crippen molar-refractivity contribution >= 4 is 0 Å². The van der Waals surface area contributed by atoms with Crippen LogP contribution in [0.1, 0.15) is 19.8 Å². The Balaban J connectivity index is 2.44. The van der Waals surface area contributed by atoms with Crippen LogP contribution in [0.5, 0.6) is 0 Å². The van der Waals surface area contributed by atoms with Crippen molar-refractivity contribution < 1.29 is 5.11 Å². The molecule has 11 heavy (non-hydrogen) atoms. The maximum atomic E-state index is 9.81. The lowest BCUT2D eigenvalue weighted by Gasteiger charge is -2.37. The van der Waals surface area contributed by atoms with Gasteiger partial charge in [0.1, 0.15) is 0 Å². The predicted molar refractivity (Wildman–Crippen MR) is 45.4 cm³/mol. The van der Waals surface area contributed by atoms with Crippen molar-refractivity contribution in [2.45, 2.75) is 25.4 Å². The van der Waals surface area contributed by atoms with Gasteiger partial charge >= 0.3 is 0 Å². The molecular weight excluding hydrogens is 140 g/mol. The molecule has 0 aromatic rings. The molecule has 0 saturated carbocycles. The number of likely N-dealkylation sites (N-methyl/N-ethyl adjacent to an activating group) is 1. The summed E-state index contributed by atoms with van der Waals surface area (Å²) in [5.74, 6) is 0. The second-order valence-corrected chi connectivity index (χ2v) is 3.40. The zero-order valence-corrected chi connectivity index (χ0v) is 7.21. The number of likely N-dealkylation sites (tertiary alicyclic amines) is 1. The Morgan fingerprint density at radius 2 is 2.36 bits per heavy atom. The summed E-state index contributed by atoms with van der Waals surface area (Å²) < 4.78 is 0. The van der Waals surface area contributed by atoms with Crippen LogP contribution in [-0.2, 0) is 0 Å². The van der Waals surface area contributed by atoms with Crippen molar-refractivity contribution in [1.82, 2.24) is 4.90 Å². The van der Waals surface area contributed by atoms with E-state index in [1.807, 2.05) is 0 Å². The number of aliphatic hydroxyl groups is 1. The standard InChI is InChI=1S/C8H18N2O/c1-2-10-5-3-4-8(11,6-9)7-10/h11H,2-7,9H2,1H3/t8-/m1/s1. The van der Waals surface area contributed by atoms with Crippen LogP contribution >= 0.6 is 0 Å². The van der Waals surface area contributed by atoms with Crippen molar-refractivity contribution in [1.29, 1.82) is 0 Å². The first kappa shape index (κ1) is 8.97. The highest BCUT2D eigenvalue weighted by Gasteiger charge is 2.30. The van der Waals surface area contributed by atoms with Crippen LogP contribution < -0.4 is 5.73 Å². The minimum absolute atomic E-state index is 0.392. The zero-order chi connectivity index (χ0) is 8.32. The molecule has 0 spiro atoms. The first-order chi connectivity index (χ1) is 5.20. The number of hydrogen-bond donors (Lipinski definition) is 2. The van der Waals surface area contributed by atoms with Crippen molar-refractivity contribution in [3.63, 3.8) is 0 Å². The van der Waals surface area contributed by atoms with Crippen LogP contribution in [0.3, 0.4) is 0 Å². The Bertz CT molecular complexity index is 129. The summed E-state index contributed by atoms with van der Waals surface area (Å²) in [5.41, 5.74) is 4.87. The lowest BCUT2D eigenvalue weighted by molar-refractivity contribution is -0.0215. The molecule has 0 aliphatic carbocycles. The van der Waals surface area contributed by atoms with Gasteiger partial charge in [-0.2, -0.15) is 0 Å². The fourth-order valence-corrected chi connectivity index (χ4v) is 1.64. The van der Waals surface area contributed by atoms with Gasteiger partial charge in [0.15, 0.2) is 0 Å². The van der Waals surface area contributed by atoms with E-state index in [2.05, 4.69) is 11.8 Å². The molecule has 0 aromatic heterocycles. The first-order valence-electron chi connectivity index (χ1n) is 4.35. The summed E-state index contributed by atoms with van der Waals surface area (Å²) in [5, 5.41) is 9.81. The summed E-state index contributed by atoms with van der Waals surface area (Å²) in [7, 11) is 0. The molecule has 1 heterocycles. The van der Waals surface area contributed by atoms with Gasteiger partial charge in [0, 0.05) is 13.1 Å². The van der Waals surface area contributed by atoms with E-state index in [1.165, 1.54) is 0 Å². The molecular formula is C8H18N2O. The number of nitrogens with two attached hydrogens (primary N) is 1. The molecule has 1 atom stereocenters. The SMILES string of the molecule is CCN1CCC[C@@](O)(CN)C1. The Labute approximate surface area is 68.2 Å². The predicted octanol–water partition coefficient (Wildman–Crippen LogP) is -0.208. The van der Waals surface area contributed by atoms with Gasteiger partial charge in [-0.25, -0.2) is 0 Å². The van der Waals surface area contributed by atoms with E-state index in [9.17, 15) is 5.11 Å². The molecule has 0 unspecified atom stereocenters. The van der Waals surface area contributed by atoms with Crippen molar-refractivity contribution in [2.24, 2.45) is 5.73 Å². The number of nitrogens with zero attached hydrogens (tertiary/aromatic N) is 1. The summed E-state index contributed by atoms with van der Waals surface area (Å²) >= 11 is 0. The molecule has 0 bridgehead atoms. The number of hydrogen-bond acceptors (Lipinski definition) is 3. The quantitative estimate of drug-likeness (QED) is 0.585. The van der Waals surface area contributed by atoms with Gasteiger partial charge in [-0.15, -0.1) is 0 Å². The zero-order valence-electron chi connectivity index (χ0n) is 7.21. The Kier molecular flexibility index (Phi) is 2.87. The van der Waals surface area contributed by atoms with Crippen LogP contribution in [-0.4, -0.2) is 41.8 Å². The van der Waals surface area contributed by atoms with Crippen molar-refractivity contribution in [3.05, 3.63) is 0 Å². The molecule has 3 N–H and O–H groups in total. The van der Waals surface area contributed by atoms with Crippen LogP contribution in [0.15, 0.2) is 0 Å². The molecule has 0 radical (unpaired) electrons. The molecule has 0 aromatic carbocycles. The van der Waals surface area contributed by atoms with E-state index in [0.29, 0.717) is 6.54 Å². The summed E-state index contributed by atoms with van der Waals surface area (Å²) in [6.07, 6.45) is 1.93. The molecule has 1 fully saturated rings. The second kappa shape index (κ2) is 3.52. The molecule has 3 nitrogen and oxygen atoms in total. The molecule has 66 valence electrons. The van der Waals surface area contributed by atoms with Crippen molar-refractivity contribution in [3.8, 4) is 0 Å². The number of piperidine rings is 1. The monoisotopic (exact) mass is 158 g/mol. The maximum absolute atomic E-state index is 9.81. The largest absolute Gasteiger partial charge is 0.387 e. The van der Waals surface area contributed by atoms with E-state index in [-0.39, 0.29) is 0 Å². The smallest absolute Gasteiger partial charge is 0.0895 e. The molecule has 0 amide bonds. The van der Waals surface area contributed by atoms with Crippen LogP contribution in [0.2, 0.25) is 0 Å². The fraction of sp³-hybridized carbons (Fsp3) is 1.00.